The van der Waals surface area contributed by atoms with E-state index in [-0.39, 0.29) is 0 Å². The van der Waals surface area contributed by atoms with Crippen molar-refractivity contribution in [2.75, 3.05) is 19.6 Å². The van der Waals surface area contributed by atoms with Crippen LogP contribution in [0.15, 0.2) is 41.5 Å². The molecule has 0 unspecified atom stereocenters. The van der Waals surface area contributed by atoms with Gasteiger partial charge in [-0.3, -0.25) is 5.43 Å². The van der Waals surface area contributed by atoms with Gasteiger partial charge >= 0.3 is 0 Å². The number of ether oxygens (including phenoxy) is 2. The van der Waals surface area contributed by atoms with E-state index in [4.69, 9.17) is 32.7 Å². The van der Waals surface area contributed by atoms with E-state index in [1.54, 1.807) is 25.5 Å². The van der Waals surface area contributed by atoms with Crippen LogP contribution in [0, 0.1) is 0 Å². The highest BCUT2D eigenvalue weighted by molar-refractivity contribution is 6.37. The van der Waals surface area contributed by atoms with Crippen LogP contribution in [-0.4, -0.2) is 20.4 Å². The molecule has 0 spiro atoms. The Kier molecular flexibility index (Phi) is 5.31. The first-order valence-corrected chi connectivity index (χ1v) is 6.86. The predicted octanol–water partition coefficient (Wildman–Crippen LogP) is 4.46. The van der Waals surface area contributed by atoms with Crippen molar-refractivity contribution in [2.45, 2.75) is 0 Å². The van der Waals surface area contributed by atoms with Crippen molar-refractivity contribution in [2.24, 2.45) is 5.10 Å². The van der Waals surface area contributed by atoms with Crippen LogP contribution < -0.4 is 14.9 Å². The van der Waals surface area contributed by atoms with E-state index in [1.165, 1.54) is 7.11 Å². The molecule has 6 heteroatoms. The molecule has 2 aromatic carbocycles. The molecule has 0 radical (unpaired) electrons. The molecule has 0 aliphatic rings. The third-order valence-corrected chi connectivity index (χ3v) is 3.28. The van der Waals surface area contributed by atoms with Crippen LogP contribution in [0.25, 0.3) is 0 Å². The zero-order valence-corrected chi connectivity index (χ0v) is 13.1. The lowest BCUT2D eigenvalue weighted by Gasteiger charge is -2.06. The van der Waals surface area contributed by atoms with Crippen molar-refractivity contribution in [1.29, 1.82) is 0 Å². The zero-order valence-electron chi connectivity index (χ0n) is 11.6. The van der Waals surface area contributed by atoms with Gasteiger partial charge in [-0.25, -0.2) is 0 Å². The van der Waals surface area contributed by atoms with Gasteiger partial charge < -0.3 is 9.47 Å². The Morgan fingerprint density at radius 2 is 1.62 bits per heavy atom. The van der Waals surface area contributed by atoms with E-state index in [2.05, 4.69) is 10.5 Å². The standard InChI is InChI=1S/C15H14Cl2N2O2/c1-20-12-5-3-11(4-6-12)19-18-9-10-7-13(16)15(21-2)14(17)8-10/h3-9,19H,1-2H3/b18-9+. The Morgan fingerprint density at radius 3 is 2.14 bits per heavy atom. The highest BCUT2D eigenvalue weighted by Crippen LogP contribution is 2.33. The molecule has 0 aliphatic heterocycles. The number of hydrogen-bond donors (Lipinski definition) is 1. The maximum absolute atomic E-state index is 6.06. The van der Waals surface area contributed by atoms with E-state index >= 15 is 0 Å². The molecule has 0 bridgehead atoms. The first-order chi connectivity index (χ1) is 10.1. The molecule has 110 valence electrons. The van der Waals surface area contributed by atoms with Gasteiger partial charge in [-0.05, 0) is 42.0 Å². The number of hydrogen-bond acceptors (Lipinski definition) is 4. The summed E-state index contributed by atoms with van der Waals surface area (Å²) >= 11 is 12.1. The molecule has 2 aromatic rings. The highest BCUT2D eigenvalue weighted by atomic mass is 35.5. The van der Waals surface area contributed by atoms with Crippen molar-refractivity contribution >= 4 is 35.1 Å². The van der Waals surface area contributed by atoms with E-state index in [0.717, 1.165) is 17.0 Å². The summed E-state index contributed by atoms with van der Waals surface area (Å²) in [5.74, 6) is 1.25. The van der Waals surface area contributed by atoms with Gasteiger partial charge in [0.05, 0.1) is 36.2 Å². The minimum Gasteiger partial charge on any atom is -0.497 e. The molecule has 0 fully saturated rings. The zero-order chi connectivity index (χ0) is 15.2. The number of benzene rings is 2. The van der Waals surface area contributed by atoms with Crippen LogP contribution in [0.2, 0.25) is 10.0 Å². The van der Waals surface area contributed by atoms with Gasteiger partial charge in [-0.15, -0.1) is 0 Å². The van der Waals surface area contributed by atoms with E-state index in [1.807, 2.05) is 24.3 Å². The number of anilines is 1. The fourth-order valence-electron chi connectivity index (χ4n) is 1.70. The van der Waals surface area contributed by atoms with Gasteiger partial charge in [0.2, 0.25) is 0 Å². The first-order valence-electron chi connectivity index (χ1n) is 6.10. The number of methoxy groups -OCH3 is 2. The second kappa shape index (κ2) is 7.20. The number of rotatable bonds is 5. The van der Waals surface area contributed by atoms with Crippen LogP contribution >= 0.6 is 23.2 Å². The third kappa shape index (κ3) is 4.03. The summed E-state index contributed by atoms with van der Waals surface area (Å²) < 4.78 is 10.2. The Hall–Kier alpha value is -1.91. The van der Waals surface area contributed by atoms with Crippen molar-refractivity contribution in [3.8, 4) is 11.5 Å². The molecular weight excluding hydrogens is 311 g/mol. The van der Waals surface area contributed by atoms with Crippen LogP contribution in [-0.2, 0) is 0 Å². The summed E-state index contributed by atoms with van der Waals surface area (Å²) in [7, 11) is 3.14. The van der Waals surface area contributed by atoms with Gasteiger partial charge in [-0.1, -0.05) is 23.2 Å². The molecular formula is C15H14Cl2N2O2. The van der Waals surface area contributed by atoms with Gasteiger partial charge in [0.15, 0.2) is 5.75 Å². The number of nitrogens with zero attached hydrogens (tertiary/aromatic N) is 1. The summed E-state index contributed by atoms with van der Waals surface area (Å²) in [5, 5.41) is 5.01. The summed E-state index contributed by atoms with van der Waals surface area (Å²) in [6, 6.07) is 10.9. The molecule has 0 aromatic heterocycles. The Morgan fingerprint density at radius 1 is 1.00 bits per heavy atom. The van der Waals surface area contributed by atoms with Crippen LogP contribution in [0.3, 0.4) is 0 Å². The Labute approximate surface area is 133 Å². The fourth-order valence-corrected chi connectivity index (χ4v) is 2.35. The molecule has 0 amide bonds. The van der Waals surface area contributed by atoms with Crippen LogP contribution in [0.4, 0.5) is 5.69 Å². The highest BCUT2D eigenvalue weighted by Gasteiger charge is 2.07. The molecule has 0 aliphatic carbocycles. The molecule has 4 nitrogen and oxygen atoms in total. The van der Waals surface area contributed by atoms with Gasteiger partial charge in [-0.2, -0.15) is 5.10 Å². The van der Waals surface area contributed by atoms with Crippen molar-refractivity contribution in [3.63, 3.8) is 0 Å². The van der Waals surface area contributed by atoms with Crippen molar-refractivity contribution in [1.82, 2.24) is 0 Å². The maximum atomic E-state index is 6.06. The van der Waals surface area contributed by atoms with E-state index < -0.39 is 0 Å². The minimum absolute atomic E-state index is 0.441. The monoisotopic (exact) mass is 324 g/mol. The van der Waals surface area contributed by atoms with E-state index in [0.29, 0.717) is 15.8 Å². The van der Waals surface area contributed by atoms with Crippen molar-refractivity contribution in [3.05, 3.63) is 52.0 Å². The molecule has 0 heterocycles. The molecule has 21 heavy (non-hydrogen) atoms. The summed E-state index contributed by atoms with van der Waals surface area (Å²) in [4.78, 5) is 0. The molecule has 0 saturated carbocycles. The van der Waals surface area contributed by atoms with Gasteiger partial charge in [0, 0.05) is 0 Å². The minimum atomic E-state index is 0.441. The Balaban J connectivity index is 2.07. The molecule has 0 saturated heterocycles. The second-order valence-corrected chi connectivity index (χ2v) is 4.93. The van der Waals surface area contributed by atoms with Gasteiger partial charge in [0.25, 0.3) is 0 Å². The normalized spacial score (nSPS) is 10.7. The molecule has 2 rings (SSSR count). The summed E-state index contributed by atoms with van der Waals surface area (Å²) in [6.45, 7) is 0. The molecule has 0 atom stereocenters. The fraction of sp³-hybridized carbons (Fsp3) is 0.133. The SMILES string of the molecule is COc1ccc(N/N=C/c2cc(Cl)c(OC)c(Cl)c2)cc1. The van der Waals surface area contributed by atoms with Crippen LogP contribution in [0.5, 0.6) is 11.5 Å². The molecule has 1 N–H and O–H groups in total. The lowest BCUT2D eigenvalue weighted by Crippen LogP contribution is -1.92. The third-order valence-electron chi connectivity index (χ3n) is 2.72. The summed E-state index contributed by atoms with van der Waals surface area (Å²) in [5.41, 5.74) is 4.52. The quantitative estimate of drug-likeness (QED) is 0.652. The largest absolute Gasteiger partial charge is 0.497 e. The van der Waals surface area contributed by atoms with Crippen LogP contribution in [0.1, 0.15) is 5.56 Å². The Bertz CT molecular complexity index is 620. The smallest absolute Gasteiger partial charge is 0.156 e. The van der Waals surface area contributed by atoms with E-state index in [9.17, 15) is 0 Å². The topological polar surface area (TPSA) is 42.8 Å². The number of halogens is 2. The number of hydrazone groups is 1. The lowest BCUT2D eigenvalue weighted by molar-refractivity contribution is 0.415. The van der Waals surface area contributed by atoms with Crippen molar-refractivity contribution < 1.29 is 9.47 Å². The predicted molar refractivity (Wildman–Crippen MR) is 87.2 cm³/mol. The average molecular weight is 325 g/mol. The number of nitrogens with one attached hydrogen (secondary N) is 1. The first kappa shape index (κ1) is 15.5. The van der Waals surface area contributed by atoms with Gasteiger partial charge in [0.1, 0.15) is 5.75 Å². The lowest BCUT2D eigenvalue weighted by atomic mass is 10.2. The average Bonchev–Trinajstić information content (AvgIpc) is 2.48. The summed E-state index contributed by atoms with van der Waals surface area (Å²) in [6.07, 6.45) is 1.63. The second-order valence-electron chi connectivity index (χ2n) is 4.12. The maximum Gasteiger partial charge on any atom is 0.156 e.